The first-order valence-electron chi connectivity index (χ1n) is 10.9. The molecule has 3 aromatic rings. The number of nitrogens with one attached hydrogen (secondary N) is 1. The van der Waals surface area contributed by atoms with Crippen LogP contribution in [0.4, 0.5) is 0 Å². The second kappa shape index (κ2) is 6.40. The van der Waals surface area contributed by atoms with Crippen molar-refractivity contribution in [2.75, 3.05) is 0 Å². The molecule has 4 heteroatoms. The number of para-hydroxylation sites is 1. The zero-order valence-electron chi connectivity index (χ0n) is 16.8. The molecule has 1 amide bonds. The Hall–Kier alpha value is -2.20. The number of amides is 1. The Kier molecular flexibility index (Phi) is 3.89. The molecular weight excluding hydrogens is 376 g/mol. The highest BCUT2D eigenvalue weighted by Gasteiger charge is 2.51. The summed E-state index contributed by atoms with van der Waals surface area (Å²) in [5, 5.41) is 4.50. The van der Waals surface area contributed by atoms with Crippen LogP contribution in [0.2, 0.25) is 0 Å². The first-order valence-corrected chi connectivity index (χ1v) is 11.7. The Morgan fingerprint density at radius 2 is 1.72 bits per heavy atom. The summed E-state index contributed by atoms with van der Waals surface area (Å²) < 4.78 is 0. The summed E-state index contributed by atoms with van der Waals surface area (Å²) >= 11 is 1.73. The van der Waals surface area contributed by atoms with Gasteiger partial charge in [0.05, 0.1) is 21.7 Å². The lowest BCUT2D eigenvalue weighted by atomic mass is 9.53. The minimum Gasteiger partial charge on any atom is -0.347 e. The summed E-state index contributed by atoms with van der Waals surface area (Å²) in [6.45, 7) is 2.11. The van der Waals surface area contributed by atoms with Gasteiger partial charge in [-0.25, -0.2) is 4.98 Å². The van der Waals surface area contributed by atoms with Gasteiger partial charge in [-0.3, -0.25) is 4.79 Å². The molecule has 7 rings (SSSR count). The molecule has 29 heavy (non-hydrogen) atoms. The number of hydrogen-bond acceptors (Lipinski definition) is 3. The molecule has 1 N–H and O–H groups in total. The highest BCUT2D eigenvalue weighted by molar-refractivity contribution is 7.15. The molecular formula is C25H26N2OS. The van der Waals surface area contributed by atoms with Crippen LogP contribution < -0.4 is 5.32 Å². The van der Waals surface area contributed by atoms with Gasteiger partial charge in [-0.15, -0.1) is 11.3 Å². The van der Waals surface area contributed by atoms with Gasteiger partial charge in [0.2, 0.25) is 0 Å². The monoisotopic (exact) mass is 402 g/mol. The van der Waals surface area contributed by atoms with E-state index in [0.717, 1.165) is 44.8 Å². The number of benzene rings is 1. The third kappa shape index (κ3) is 3.00. The van der Waals surface area contributed by atoms with Crippen LogP contribution in [0.25, 0.3) is 21.5 Å². The van der Waals surface area contributed by atoms with Crippen molar-refractivity contribution in [3.8, 4) is 10.6 Å². The number of pyridine rings is 1. The van der Waals surface area contributed by atoms with Gasteiger partial charge < -0.3 is 5.32 Å². The number of aryl methyl sites for hydroxylation is 1. The van der Waals surface area contributed by atoms with Crippen molar-refractivity contribution >= 4 is 28.1 Å². The molecule has 3 nitrogen and oxygen atoms in total. The van der Waals surface area contributed by atoms with Gasteiger partial charge >= 0.3 is 0 Å². The van der Waals surface area contributed by atoms with Gasteiger partial charge in [-0.05, 0) is 87.5 Å². The Balaban J connectivity index is 1.39. The lowest BCUT2D eigenvalue weighted by molar-refractivity contribution is -0.0166. The fourth-order valence-electron chi connectivity index (χ4n) is 6.63. The normalized spacial score (nSPS) is 30.0. The zero-order valence-corrected chi connectivity index (χ0v) is 17.6. The standard InChI is InChI=1S/C25H26N2OS/c1-15-6-7-23(29-15)22-11-20(19-4-2-3-5-21(19)26-22)24(28)27-25-12-16-8-17(13-25)10-18(9-16)14-25/h2-7,11,16-18H,8-10,12-14H2,1H3,(H,27,28). The van der Waals surface area contributed by atoms with Crippen molar-refractivity contribution in [2.24, 2.45) is 17.8 Å². The molecule has 1 aromatic carbocycles. The van der Waals surface area contributed by atoms with E-state index >= 15 is 0 Å². The molecule has 148 valence electrons. The quantitative estimate of drug-likeness (QED) is 0.586. The first kappa shape index (κ1) is 17.6. The molecule has 4 saturated carbocycles. The summed E-state index contributed by atoms with van der Waals surface area (Å²) in [6.07, 6.45) is 7.67. The lowest BCUT2D eigenvalue weighted by Crippen LogP contribution is -2.59. The number of thiophene rings is 1. The van der Waals surface area contributed by atoms with Crippen molar-refractivity contribution in [3.63, 3.8) is 0 Å². The highest BCUT2D eigenvalue weighted by atomic mass is 32.1. The fraction of sp³-hybridized carbons (Fsp3) is 0.440. The first-order chi connectivity index (χ1) is 14.1. The number of carbonyl (C=O) groups excluding carboxylic acids is 1. The molecule has 0 unspecified atom stereocenters. The topological polar surface area (TPSA) is 42.0 Å². The van der Waals surface area contributed by atoms with E-state index in [0.29, 0.717) is 0 Å². The highest BCUT2D eigenvalue weighted by Crippen LogP contribution is 2.55. The molecule has 4 fully saturated rings. The van der Waals surface area contributed by atoms with Crippen LogP contribution in [-0.2, 0) is 0 Å². The van der Waals surface area contributed by atoms with E-state index in [-0.39, 0.29) is 11.4 Å². The minimum absolute atomic E-state index is 0.0237. The minimum atomic E-state index is 0.0237. The molecule has 4 bridgehead atoms. The van der Waals surface area contributed by atoms with Crippen LogP contribution in [0.15, 0.2) is 42.5 Å². The molecule has 0 radical (unpaired) electrons. The van der Waals surface area contributed by atoms with Crippen molar-refractivity contribution in [2.45, 2.75) is 51.0 Å². The van der Waals surface area contributed by atoms with Gasteiger partial charge in [-0.1, -0.05) is 18.2 Å². The van der Waals surface area contributed by atoms with Gasteiger partial charge in [0.1, 0.15) is 0 Å². The summed E-state index contributed by atoms with van der Waals surface area (Å²) in [4.78, 5) is 20.8. The van der Waals surface area contributed by atoms with Crippen LogP contribution in [0.3, 0.4) is 0 Å². The summed E-state index contributed by atoms with van der Waals surface area (Å²) in [5.41, 5.74) is 2.59. The predicted octanol–water partition coefficient (Wildman–Crippen LogP) is 5.97. The van der Waals surface area contributed by atoms with Crippen LogP contribution in [-0.4, -0.2) is 16.4 Å². The number of fused-ring (bicyclic) bond motifs is 1. The van der Waals surface area contributed by atoms with Gasteiger partial charge in [0.25, 0.3) is 5.91 Å². The van der Waals surface area contributed by atoms with Crippen LogP contribution >= 0.6 is 11.3 Å². The third-order valence-electron chi connectivity index (χ3n) is 7.37. The van der Waals surface area contributed by atoms with Crippen LogP contribution in [0, 0.1) is 24.7 Å². The average molecular weight is 403 g/mol. The maximum absolute atomic E-state index is 13.6. The molecule has 2 heterocycles. The van der Waals surface area contributed by atoms with E-state index in [2.05, 4.69) is 24.4 Å². The Morgan fingerprint density at radius 1 is 1.03 bits per heavy atom. The second-order valence-corrected chi connectivity index (χ2v) is 10.9. The van der Waals surface area contributed by atoms with Crippen molar-refractivity contribution in [1.82, 2.24) is 10.3 Å². The van der Waals surface area contributed by atoms with Gasteiger partial charge in [-0.2, -0.15) is 0 Å². The molecule has 2 aromatic heterocycles. The van der Waals surface area contributed by atoms with Crippen LogP contribution in [0.1, 0.15) is 53.8 Å². The summed E-state index contributed by atoms with van der Waals surface area (Å²) in [5.74, 6) is 2.54. The van der Waals surface area contributed by atoms with E-state index in [4.69, 9.17) is 4.98 Å². The zero-order chi connectivity index (χ0) is 19.6. The van der Waals surface area contributed by atoms with Crippen molar-refractivity contribution < 1.29 is 4.79 Å². The number of hydrogen-bond donors (Lipinski definition) is 1. The Bertz CT molecular complexity index is 1080. The van der Waals surface area contributed by atoms with Gasteiger partial charge in [0.15, 0.2) is 0 Å². The number of rotatable bonds is 3. The summed E-state index contributed by atoms with van der Waals surface area (Å²) in [7, 11) is 0. The van der Waals surface area contributed by atoms with Gasteiger partial charge in [0, 0.05) is 15.8 Å². The SMILES string of the molecule is Cc1ccc(-c2cc(C(=O)NC34CC5CC(CC(C5)C3)C4)c3ccccc3n2)s1. The molecule has 0 atom stereocenters. The molecule has 4 aliphatic carbocycles. The van der Waals surface area contributed by atoms with E-state index in [1.807, 2.05) is 30.3 Å². The van der Waals surface area contributed by atoms with Crippen LogP contribution in [0.5, 0.6) is 0 Å². The largest absolute Gasteiger partial charge is 0.347 e. The van der Waals surface area contributed by atoms with Crippen molar-refractivity contribution in [3.05, 3.63) is 52.9 Å². The molecule has 0 aliphatic heterocycles. The van der Waals surface area contributed by atoms with E-state index in [9.17, 15) is 4.79 Å². The van der Waals surface area contributed by atoms with E-state index in [1.165, 1.54) is 43.4 Å². The molecule has 4 aliphatic rings. The second-order valence-electron chi connectivity index (χ2n) is 9.63. The van der Waals surface area contributed by atoms with Crippen molar-refractivity contribution in [1.29, 1.82) is 0 Å². The lowest BCUT2D eigenvalue weighted by Gasteiger charge is -2.56. The Morgan fingerprint density at radius 3 is 2.38 bits per heavy atom. The smallest absolute Gasteiger partial charge is 0.252 e. The average Bonchev–Trinajstić information content (AvgIpc) is 3.12. The maximum atomic E-state index is 13.6. The van der Waals surface area contributed by atoms with E-state index in [1.54, 1.807) is 11.3 Å². The Labute approximate surface area is 175 Å². The van der Waals surface area contributed by atoms with E-state index < -0.39 is 0 Å². The molecule has 0 saturated heterocycles. The number of nitrogens with zero attached hydrogens (tertiary/aromatic N) is 1. The third-order valence-corrected chi connectivity index (χ3v) is 8.39. The maximum Gasteiger partial charge on any atom is 0.252 e. The number of carbonyl (C=O) groups is 1. The number of aromatic nitrogens is 1. The fourth-order valence-corrected chi connectivity index (χ4v) is 7.46. The predicted molar refractivity (Wildman–Crippen MR) is 118 cm³/mol. The summed E-state index contributed by atoms with van der Waals surface area (Å²) in [6, 6.07) is 14.3. The molecule has 0 spiro atoms.